The lowest BCUT2D eigenvalue weighted by molar-refractivity contribution is -0.109. The monoisotopic (exact) mass is 245 g/mol. The van der Waals surface area contributed by atoms with E-state index in [1.54, 1.807) is 19.3 Å². The van der Waals surface area contributed by atoms with Crippen molar-refractivity contribution in [3.63, 3.8) is 0 Å². The molecule has 0 saturated carbocycles. The van der Waals surface area contributed by atoms with E-state index in [0.29, 0.717) is 12.2 Å². The van der Waals surface area contributed by atoms with Crippen molar-refractivity contribution in [3.05, 3.63) is 30.4 Å². The molecule has 0 amide bonds. The maximum Gasteiger partial charge on any atom is 0.234 e. The maximum absolute atomic E-state index is 10.7. The van der Waals surface area contributed by atoms with Crippen molar-refractivity contribution in [1.82, 2.24) is 14.4 Å². The molecule has 0 aliphatic heterocycles. The van der Waals surface area contributed by atoms with E-state index in [0.717, 1.165) is 11.4 Å². The van der Waals surface area contributed by atoms with Crippen LogP contribution >= 0.6 is 11.8 Å². The summed E-state index contributed by atoms with van der Waals surface area (Å²) in [4.78, 5) is 18.9. The minimum atomic E-state index is 0.130. The quantitative estimate of drug-likeness (QED) is 0.597. The van der Waals surface area contributed by atoms with Crippen LogP contribution in [0.2, 0.25) is 0 Å². The van der Waals surface area contributed by atoms with Crippen LogP contribution in [0.25, 0.3) is 5.78 Å². The van der Waals surface area contributed by atoms with Gasteiger partial charge in [-0.2, -0.15) is 0 Å². The first-order valence-corrected chi connectivity index (χ1v) is 6.16. The van der Waals surface area contributed by atoms with Gasteiger partial charge < -0.3 is 0 Å². The summed E-state index contributed by atoms with van der Waals surface area (Å²) in [6.07, 6.45) is 5.97. The van der Waals surface area contributed by atoms with Gasteiger partial charge in [-0.05, 0) is 12.0 Å². The highest BCUT2D eigenvalue weighted by Gasteiger charge is 1.98. The average molecular weight is 245 g/mol. The molecule has 0 aromatic carbocycles. The minimum absolute atomic E-state index is 0.130. The fourth-order valence-corrected chi connectivity index (χ4v) is 1.81. The fourth-order valence-electron chi connectivity index (χ4n) is 1.32. The molecule has 17 heavy (non-hydrogen) atoms. The predicted molar refractivity (Wildman–Crippen MR) is 67.6 cm³/mol. The zero-order valence-corrected chi connectivity index (χ0v) is 10.2. The highest BCUT2D eigenvalue weighted by atomic mass is 32.2. The second kappa shape index (κ2) is 5.51. The molecule has 0 atom stereocenters. The molecule has 0 saturated heterocycles. The van der Waals surface area contributed by atoms with E-state index in [1.165, 1.54) is 11.8 Å². The largest absolute Gasteiger partial charge is 0.288 e. The highest BCUT2D eigenvalue weighted by molar-refractivity contribution is 8.13. The van der Waals surface area contributed by atoms with Crippen LogP contribution in [0.1, 0.15) is 19.0 Å². The number of hydrogen-bond donors (Lipinski definition) is 0. The van der Waals surface area contributed by atoms with E-state index in [2.05, 4.69) is 21.8 Å². The summed E-state index contributed by atoms with van der Waals surface area (Å²) in [6.45, 7) is 1.56. The first-order valence-electron chi connectivity index (χ1n) is 5.17. The molecule has 2 aromatic rings. The first kappa shape index (κ1) is 11.7. The number of imidazole rings is 1. The van der Waals surface area contributed by atoms with Gasteiger partial charge >= 0.3 is 0 Å². The molecule has 2 aromatic heterocycles. The van der Waals surface area contributed by atoms with Gasteiger partial charge in [0.15, 0.2) is 5.12 Å². The van der Waals surface area contributed by atoms with Crippen molar-refractivity contribution in [2.75, 3.05) is 5.75 Å². The van der Waals surface area contributed by atoms with Crippen LogP contribution in [0.3, 0.4) is 0 Å². The van der Waals surface area contributed by atoms with Crippen molar-refractivity contribution >= 4 is 22.7 Å². The van der Waals surface area contributed by atoms with Crippen LogP contribution in [0.15, 0.2) is 24.7 Å². The van der Waals surface area contributed by atoms with Crippen molar-refractivity contribution < 1.29 is 4.79 Å². The third-order valence-electron chi connectivity index (χ3n) is 2.04. The molecule has 0 spiro atoms. The Kier molecular flexibility index (Phi) is 3.78. The third kappa shape index (κ3) is 3.08. The standard InChI is InChI=1S/C12H11N3OS/c1-10(16)17-8-3-2-5-11-9-14-12-13-6-4-7-15(11)12/h4,6-7,9H,3,8H2,1H3. The number of fused-ring (bicyclic) bond motifs is 1. The van der Waals surface area contributed by atoms with Crippen molar-refractivity contribution in [2.45, 2.75) is 13.3 Å². The molecule has 5 heteroatoms. The lowest BCUT2D eigenvalue weighted by atomic mass is 10.4. The Bertz CT molecular complexity index is 594. The van der Waals surface area contributed by atoms with E-state index in [-0.39, 0.29) is 5.12 Å². The second-order valence-corrected chi connectivity index (χ2v) is 4.60. The molecule has 0 radical (unpaired) electrons. The van der Waals surface area contributed by atoms with Gasteiger partial charge in [-0.15, -0.1) is 0 Å². The first-order chi connectivity index (χ1) is 8.27. The van der Waals surface area contributed by atoms with Crippen LogP contribution in [-0.4, -0.2) is 25.2 Å². The molecular formula is C12H11N3OS. The van der Waals surface area contributed by atoms with Crippen molar-refractivity contribution in [2.24, 2.45) is 0 Å². The molecule has 86 valence electrons. The number of carbonyl (C=O) groups is 1. The molecule has 0 N–H and O–H groups in total. The van der Waals surface area contributed by atoms with Crippen molar-refractivity contribution in [1.29, 1.82) is 0 Å². The van der Waals surface area contributed by atoms with E-state index in [1.807, 2.05) is 16.7 Å². The molecule has 4 nitrogen and oxygen atoms in total. The van der Waals surface area contributed by atoms with E-state index in [9.17, 15) is 4.79 Å². The van der Waals surface area contributed by atoms with E-state index >= 15 is 0 Å². The molecule has 0 aliphatic rings. The molecular weight excluding hydrogens is 234 g/mol. The van der Waals surface area contributed by atoms with Crippen molar-refractivity contribution in [3.8, 4) is 11.8 Å². The average Bonchev–Trinajstić information content (AvgIpc) is 2.72. The Hall–Kier alpha value is -1.80. The smallest absolute Gasteiger partial charge is 0.234 e. The third-order valence-corrected chi connectivity index (χ3v) is 2.85. The van der Waals surface area contributed by atoms with Gasteiger partial charge in [0.1, 0.15) is 5.69 Å². The summed E-state index contributed by atoms with van der Waals surface area (Å²) in [6, 6.07) is 1.84. The number of aromatic nitrogens is 3. The van der Waals surface area contributed by atoms with Gasteiger partial charge in [0.2, 0.25) is 5.78 Å². The number of rotatable bonds is 2. The van der Waals surface area contributed by atoms with Crippen LogP contribution in [0, 0.1) is 11.8 Å². The van der Waals surface area contributed by atoms with Gasteiger partial charge in [0.25, 0.3) is 0 Å². The Morgan fingerprint density at radius 3 is 3.24 bits per heavy atom. The number of thioether (sulfide) groups is 1. The molecule has 0 bridgehead atoms. The molecule has 2 heterocycles. The summed E-state index contributed by atoms with van der Waals surface area (Å²) in [5.74, 6) is 7.43. The maximum atomic E-state index is 10.7. The van der Waals surface area contributed by atoms with Crippen LogP contribution in [0.5, 0.6) is 0 Å². The van der Waals surface area contributed by atoms with Gasteiger partial charge in [0, 0.05) is 31.5 Å². The summed E-state index contributed by atoms with van der Waals surface area (Å²) < 4.78 is 1.84. The van der Waals surface area contributed by atoms with Crippen LogP contribution in [0.4, 0.5) is 0 Å². The van der Waals surface area contributed by atoms with Gasteiger partial charge in [0.05, 0.1) is 6.20 Å². The van der Waals surface area contributed by atoms with Gasteiger partial charge in [-0.3, -0.25) is 9.20 Å². The number of carbonyl (C=O) groups excluding carboxylic acids is 1. The zero-order chi connectivity index (χ0) is 12.1. The lowest BCUT2D eigenvalue weighted by Gasteiger charge is -1.92. The minimum Gasteiger partial charge on any atom is -0.288 e. The highest BCUT2D eigenvalue weighted by Crippen LogP contribution is 2.04. The predicted octanol–water partition coefficient (Wildman–Crippen LogP) is 1.75. The topological polar surface area (TPSA) is 47.3 Å². The fraction of sp³-hybridized carbons (Fsp3) is 0.250. The Morgan fingerprint density at radius 1 is 1.53 bits per heavy atom. The van der Waals surface area contributed by atoms with Gasteiger partial charge in [-0.1, -0.05) is 17.7 Å². The Balaban J connectivity index is 2.04. The Morgan fingerprint density at radius 2 is 2.41 bits per heavy atom. The van der Waals surface area contributed by atoms with Crippen LogP contribution in [-0.2, 0) is 4.79 Å². The molecule has 0 fully saturated rings. The molecule has 0 unspecified atom stereocenters. The summed E-state index contributed by atoms with van der Waals surface area (Å²) >= 11 is 1.30. The van der Waals surface area contributed by atoms with Crippen LogP contribution < -0.4 is 0 Å². The lowest BCUT2D eigenvalue weighted by Crippen LogP contribution is -1.89. The summed E-state index contributed by atoms with van der Waals surface area (Å²) in [5.41, 5.74) is 0.820. The molecule has 2 rings (SSSR count). The number of nitrogens with zero attached hydrogens (tertiary/aromatic N) is 3. The SMILES string of the molecule is CC(=O)SCCC#Cc1cnc2ncccn12. The Labute approximate surface area is 103 Å². The zero-order valence-electron chi connectivity index (χ0n) is 9.38. The summed E-state index contributed by atoms with van der Waals surface area (Å²) in [5, 5.41) is 0.130. The molecule has 0 aliphatic carbocycles. The number of hydrogen-bond acceptors (Lipinski definition) is 4. The van der Waals surface area contributed by atoms with E-state index in [4.69, 9.17) is 0 Å². The second-order valence-electron chi connectivity index (χ2n) is 3.32. The summed E-state index contributed by atoms with van der Waals surface area (Å²) in [7, 11) is 0. The normalized spacial score (nSPS) is 9.94. The van der Waals surface area contributed by atoms with Gasteiger partial charge in [-0.25, -0.2) is 9.97 Å². The van der Waals surface area contributed by atoms with E-state index < -0.39 is 0 Å².